The molecule has 1 atom stereocenters. The predicted octanol–water partition coefficient (Wildman–Crippen LogP) is 6.45. The maximum absolute atomic E-state index is 13.0. The lowest BCUT2D eigenvalue weighted by molar-refractivity contribution is 0.0702. The van der Waals surface area contributed by atoms with Crippen LogP contribution in [-0.2, 0) is 0 Å². The zero-order chi connectivity index (χ0) is 24.9. The molecule has 5 rings (SSSR count). The highest BCUT2D eigenvalue weighted by molar-refractivity contribution is 6.30. The first kappa shape index (κ1) is 22.6. The Hall–Kier alpha value is -4.21. The van der Waals surface area contributed by atoms with Crippen LogP contribution in [0.15, 0.2) is 70.5 Å². The number of ether oxygens (including phenoxy) is 2. The molecule has 0 fully saturated rings. The van der Waals surface area contributed by atoms with Crippen LogP contribution < -0.4 is 15.2 Å². The number of furan rings is 1. The summed E-state index contributed by atoms with van der Waals surface area (Å²) in [4.78, 5) is 13.0. The van der Waals surface area contributed by atoms with Crippen molar-refractivity contribution in [3.63, 3.8) is 0 Å². The Balaban J connectivity index is 1.50. The lowest BCUT2D eigenvalue weighted by atomic mass is 9.83. The fraction of sp³-hybridized carbons (Fsp3) is 0.143. The minimum absolute atomic E-state index is 0.00701. The molecule has 3 aromatic carbocycles. The van der Waals surface area contributed by atoms with Crippen LogP contribution in [0, 0.1) is 32.1 Å². The normalized spacial score (nSPS) is 14.9. The van der Waals surface area contributed by atoms with E-state index >= 15 is 0 Å². The number of carbonyl (C=O) groups is 1. The lowest BCUT2D eigenvalue weighted by Crippen LogP contribution is -2.21. The largest absolute Gasteiger partial charge is 0.448 e. The van der Waals surface area contributed by atoms with Gasteiger partial charge >= 0.3 is 5.97 Å². The van der Waals surface area contributed by atoms with Crippen molar-refractivity contribution in [2.24, 2.45) is 5.73 Å². The second kappa shape index (κ2) is 8.53. The van der Waals surface area contributed by atoms with E-state index in [2.05, 4.69) is 6.07 Å². The number of hydrogen-bond acceptors (Lipinski definition) is 6. The van der Waals surface area contributed by atoms with E-state index in [1.165, 1.54) is 0 Å². The van der Waals surface area contributed by atoms with Gasteiger partial charge in [-0.2, -0.15) is 5.26 Å². The van der Waals surface area contributed by atoms with Crippen molar-refractivity contribution in [2.75, 3.05) is 0 Å². The number of nitrogens with zero attached hydrogens (tertiary/aromatic N) is 1. The summed E-state index contributed by atoms with van der Waals surface area (Å²) in [6.07, 6.45) is 0. The molecule has 1 aliphatic rings. The first-order valence-electron chi connectivity index (χ1n) is 11.0. The van der Waals surface area contributed by atoms with Gasteiger partial charge in [0.2, 0.25) is 11.6 Å². The zero-order valence-corrected chi connectivity index (χ0v) is 20.1. The summed E-state index contributed by atoms with van der Waals surface area (Å²) in [6.45, 7) is 5.78. The van der Waals surface area contributed by atoms with Crippen molar-refractivity contribution in [3.05, 3.63) is 105 Å². The van der Waals surface area contributed by atoms with E-state index in [1.54, 1.807) is 30.3 Å². The quantitative estimate of drug-likeness (QED) is 0.265. The van der Waals surface area contributed by atoms with E-state index in [0.29, 0.717) is 27.5 Å². The average molecular weight is 485 g/mol. The number of nitriles is 1. The van der Waals surface area contributed by atoms with Crippen molar-refractivity contribution in [1.29, 1.82) is 5.26 Å². The number of hydrogen-bond donors (Lipinski definition) is 1. The molecular weight excluding hydrogens is 464 g/mol. The fourth-order valence-corrected chi connectivity index (χ4v) is 4.59. The summed E-state index contributed by atoms with van der Waals surface area (Å²) in [5.74, 6) is -0.276. The maximum Gasteiger partial charge on any atom is 0.379 e. The van der Waals surface area contributed by atoms with Crippen molar-refractivity contribution in [1.82, 2.24) is 0 Å². The van der Waals surface area contributed by atoms with E-state index in [0.717, 1.165) is 22.1 Å². The van der Waals surface area contributed by atoms with Crippen LogP contribution in [0.5, 0.6) is 11.5 Å². The molecule has 174 valence electrons. The number of benzene rings is 3. The third kappa shape index (κ3) is 3.80. The van der Waals surface area contributed by atoms with Gasteiger partial charge in [-0.1, -0.05) is 41.9 Å². The van der Waals surface area contributed by atoms with Crippen molar-refractivity contribution in [2.45, 2.75) is 26.7 Å². The maximum atomic E-state index is 13.0. The van der Waals surface area contributed by atoms with Crippen LogP contribution in [0.1, 0.15) is 44.3 Å². The molecule has 4 aromatic rings. The van der Waals surface area contributed by atoms with E-state index in [4.69, 9.17) is 31.2 Å². The number of nitrogens with two attached hydrogens (primary N) is 1. The van der Waals surface area contributed by atoms with Gasteiger partial charge in [0.1, 0.15) is 28.7 Å². The molecule has 1 aromatic heterocycles. The molecule has 1 aliphatic heterocycles. The van der Waals surface area contributed by atoms with Crippen LogP contribution in [-0.4, -0.2) is 5.97 Å². The summed E-state index contributed by atoms with van der Waals surface area (Å²) >= 11 is 6.19. The van der Waals surface area contributed by atoms with Crippen molar-refractivity contribution >= 4 is 28.5 Å². The van der Waals surface area contributed by atoms with Crippen molar-refractivity contribution in [3.8, 4) is 17.6 Å². The van der Waals surface area contributed by atoms with Gasteiger partial charge in [0, 0.05) is 27.6 Å². The summed E-state index contributed by atoms with van der Waals surface area (Å²) < 4.78 is 17.3. The molecule has 1 unspecified atom stereocenters. The number of rotatable bonds is 3. The Kier molecular flexibility index (Phi) is 5.50. The average Bonchev–Trinajstić information content (AvgIpc) is 3.17. The molecule has 2 N–H and O–H groups in total. The molecule has 0 saturated heterocycles. The number of esters is 1. The molecule has 6 nitrogen and oxygen atoms in total. The Bertz CT molecular complexity index is 1590. The van der Waals surface area contributed by atoms with Gasteiger partial charge in [0.15, 0.2) is 0 Å². The molecule has 0 radical (unpaired) electrons. The zero-order valence-electron chi connectivity index (χ0n) is 19.3. The van der Waals surface area contributed by atoms with E-state index in [9.17, 15) is 10.1 Å². The predicted molar refractivity (Wildman–Crippen MR) is 133 cm³/mol. The second-order valence-corrected chi connectivity index (χ2v) is 8.95. The minimum Gasteiger partial charge on any atom is -0.448 e. The van der Waals surface area contributed by atoms with Crippen molar-refractivity contribution < 1.29 is 18.7 Å². The van der Waals surface area contributed by atoms with E-state index in [-0.39, 0.29) is 23.0 Å². The van der Waals surface area contributed by atoms with Gasteiger partial charge in [0.05, 0.1) is 5.92 Å². The second-order valence-electron chi connectivity index (χ2n) is 8.51. The summed E-state index contributed by atoms with van der Waals surface area (Å²) in [7, 11) is 0. The lowest BCUT2D eigenvalue weighted by Gasteiger charge is -2.26. The molecular formula is C28H21ClN2O4. The molecule has 35 heavy (non-hydrogen) atoms. The number of aryl methyl sites for hydroxylation is 3. The van der Waals surface area contributed by atoms with Gasteiger partial charge < -0.3 is 19.6 Å². The number of fused-ring (bicyclic) bond motifs is 2. The molecule has 0 spiro atoms. The fourth-order valence-electron chi connectivity index (χ4n) is 4.39. The highest BCUT2D eigenvalue weighted by atomic mass is 35.5. The topological polar surface area (TPSA) is 98.5 Å². The van der Waals surface area contributed by atoms with Gasteiger partial charge in [-0.05, 0) is 55.7 Å². The standard InChI is InChI=1S/C28H21ClN2O4/c1-14-7-9-20-16(3)26(35-25(20)15(14)2)28(32)33-19-8-10-21-23(12-19)34-27(31)22(13-30)24(21)17-5-4-6-18(29)11-17/h4-12,24H,31H2,1-3H3. The van der Waals surface area contributed by atoms with Gasteiger partial charge in [-0.3, -0.25) is 0 Å². The van der Waals surface area contributed by atoms with Crippen LogP contribution >= 0.6 is 11.6 Å². The third-order valence-electron chi connectivity index (χ3n) is 6.39. The summed E-state index contributed by atoms with van der Waals surface area (Å²) in [5, 5.41) is 11.1. The number of carbonyl (C=O) groups excluding carboxylic acids is 1. The number of halogens is 1. The van der Waals surface area contributed by atoms with Crippen LogP contribution in [0.2, 0.25) is 5.02 Å². The molecule has 7 heteroatoms. The first-order valence-corrected chi connectivity index (χ1v) is 11.3. The summed E-state index contributed by atoms with van der Waals surface area (Å²) in [6, 6.07) is 18.3. The molecule has 0 amide bonds. The third-order valence-corrected chi connectivity index (χ3v) is 6.63. The molecule has 2 heterocycles. The highest BCUT2D eigenvalue weighted by Crippen LogP contribution is 2.44. The van der Waals surface area contributed by atoms with Gasteiger partial charge in [-0.25, -0.2) is 4.79 Å². The SMILES string of the molecule is Cc1ccc2c(C)c(C(=O)Oc3ccc4c(c3)OC(N)=C(C#N)C4c3cccc(Cl)c3)oc2c1C. The Morgan fingerprint density at radius 3 is 2.63 bits per heavy atom. The Morgan fingerprint density at radius 1 is 1.09 bits per heavy atom. The smallest absolute Gasteiger partial charge is 0.379 e. The molecule has 0 bridgehead atoms. The van der Waals surface area contributed by atoms with E-state index < -0.39 is 11.9 Å². The van der Waals surface area contributed by atoms with Gasteiger partial charge in [-0.15, -0.1) is 0 Å². The van der Waals surface area contributed by atoms with Crippen LogP contribution in [0.4, 0.5) is 0 Å². The molecule has 0 saturated carbocycles. The monoisotopic (exact) mass is 484 g/mol. The van der Waals surface area contributed by atoms with Crippen LogP contribution in [0.25, 0.3) is 11.0 Å². The Morgan fingerprint density at radius 2 is 1.89 bits per heavy atom. The summed E-state index contributed by atoms with van der Waals surface area (Å²) in [5.41, 5.74) is 11.3. The minimum atomic E-state index is -0.612. The Labute approximate surface area is 207 Å². The highest BCUT2D eigenvalue weighted by Gasteiger charge is 2.31. The van der Waals surface area contributed by atoms with E-state index in [1.807, 2.05) is 45.0 Å². The van der Waals surface area contributed by atoms with Gasteiger partial charge in [0.25, 0.3) is 0 Å². The molecule has 0 aliphatic carbocycles. The number of allylic oxidation sites excluding steroid dienone is 1. The van der Waals surface area contributed by atoms with Crippen LogP contribution in [0.3, 0.4) is 0 Å². The first-order chi connectivity index (χ1) is 16.8.